The zero-order chi connectivity index (χ0) is 25.4. The molecule has 0 unspecified atom stereocenters. The molecule has 0 saturated carbocycles. The van der Waals surface area contributed by atoms with Crippen LogP contribution in [0.3, 0.4) is 0 Å². The Morgan fingerprint density at radius 1 is 0.829 bits per heavy atom. The van der Waals surface area contributed by atoms with E-state index in [-0.39, 0.29) is 29.5 Å². The predicted molar refractivity (Wildman–Crippen MR) is 133 cm³/mol. The monoisotopic (exact) mass is 498 g/mol. The molecule has 0 heterocycles. The Balaban J connectivity index is 1.54. The topological polar surface area (TPSA) is 103 Å². The molecule has 2 atom stereocenters. The molecule has 3 rings (SSSR count). The summed E-state index contributed by atoms with van der Waals surface area (Å²) in [4.78, 5) is 12.5. The number of amides is 1. The van der Waals surface area contributed by atoms with Crippen LogP contribution >= 0.6 is 0 Å². The second-order valence-electron chi connectivity index (χ2n) is 7.92. The van der Waals surface area contributed by atoms with E-state index in [0.717, 1.165) is 11.1 Å². The number of benzene rings is 3. The van der Waals surface area contributed by atoms with E-state index < -0.39 is 10.0 Å². The number of methoxy groups -OCH3 is 2. The molecule has 9 heteroatoms. The molecule has 0 aliphatic heterocycles. The molecular formula is C26H30N2O6S. The first-order valence-electron chi connectivity index (χ1n) is 11.0. The number of hydrogen-bond acceptors (Lipinski definition) is 6. The Bertz CT molecular complexity index is 1230. The lowest BCUT2D eigenvalue weighted by molar-refractivity contribution is -0.123. The minimum Gasteiger partial charge on any atom is -0.493 e. The standard InChI is InChI=1S/C26H30N2O6S/c1-18(21-10-15-24(32-3)25(16-21)33-4)27-26(29)17-34-22-11-13-23(14-12-22)35(30,31)28-19(2)20-8-6-5-7-9-20/h5-16,18-19,28H,17H2,1-4H3,(H,27,29)/t18-,19+/m1/s1. The number of nitrogens with one attached hydrogen (secondary N) is 2. The van der Waals surface area contributed by atoms with Gasteiger partial charge in [0.05, 0.1) is 25.2 Å². The fourth-order valence-corrected chi connectivity index (χ4v) is 4.70. The van der Waals surface area contributed by atoms with Gasteiger partial charge in [0.2, 0.25) is 10.0 Å². The summed E-state index contributed by atoms with van der Waals surface area (Å²) < 4.78 is 44.1. The Hall–Kier alpha value is -3.56. The molecule has 0 fully saturated rings. The van der Waals surface area contributed by atoms with Gasteiger partial charge < -0.3 is 19.5 Å². The summed E-state index contributed by atoms with van der Waals surface area (Å²) in [5.41, 5.74) is 1.71. The van der Waals surface area contributed by atoms with E-state index in [9.17, 15) is 13.2 Å². The summed E-state index contributed by atoms with van der Waals surface area (Å²) in [6.45, 7) is 3.42. The number of hydrogen-bond donors (Lipinski definition) is 2. The van der Waals surface area contributed by atoms with Crippen LogP contribution in [0.2, 0.25) is 0 Å². The molecule has 0 aliphatic rings. The maximum absolute atomic E-state index is 12.7. The summed E-state index contributed by atoms with van der Waals surface area (Å²) in [7, 11) is -0.607. The number of carbonyl (C=O) groups is 1. The molecule has 186 valence electrons. The number of rotatable bonds is 11. The van der Waals surface area contributed by atoms with Crippen LogP contribution in [0, 0.1) is 0 Å². The normalized spacial score (nSPS) is 12.9. The van der Waals surface area contributed by atoms with Gasteiger partial charge in [-0.05, 0) is 61.4 Å². The molecule has 0 saturated heterocycles. The first-order chi connectivity index (χ1) is 16.7. The summed E-state index contributed by atoms with van der Waals surface area (Å²) in [5.74, 6) is 1.25. The minimum absolute atomic E-state index is 0.110. The van der Waals surface area contributed by atoms with Crippen LogP contribution in [0.15, 0.2) is 77.7 Å². The van der Waals surface area contributed by atoms with Crippen molar-refractivity contribution in [3.8, 4) is 17.2 Å². The van der Waals surface area contributed by atoms with Gasteiger partial charge in [0.25, 0.3) is 5.91 Å². The number of carbonyl (C=O) groups excluding carboxylic acids is 1. The highest BCUT2D eigenvalue weighted by Gasteiger charge is 2.19. The molecular weight excluding hydrogens is 468 g/mol. The van der Waals surface area contributed by atoms with Gasteiger partial charge in [-0.15, -0.1) is 0 Å². The van der Waals surface area contributed by atoms with Gasteiger partial charge >= 0.3 is 0 Å². The van der Waals surface area contributed by atoms with E-state index in [2.05, 4.69) is 10.0 Å². The minimum atomic E-state index is -3.72. The largest absolute Gasteiger partial charge is 0.493 e. The van der Waals surface area contributed by atoms with E-state index in [1.54, 1.807) is 33.3 Å². The van der Waals surface area contributed by atoms with Crippen molar-refractivity contribution in [2.75, 3.05) is 20.8 Å². The van der Waals surface area contributed by atoms with Crippen molar-refractivity contribution in [1.29, 1.82) is 0 Å². The van der Waals surface area contributed by atoms with Gasteiger partial charge in [0, 0.05) is 6.04 Å². The van der Waals surface area contributed by atoms with Crippen molar-refractivity contribution >= 4 is 15.9 Å². The molecule has 8 nitrogen and oxygen atoms in total. The molecule has 3 aromatic rings. The first-order valence-corrected chi connectivity index (χ1v) is 12.5. The third-order valence-electron chi connectivity index (χ3n) is 5.42. The lowest BCUT2D eigenvalue weighted by Gasteiger charge is -2.17. The van der Waals surface area contributed by atoms with Crippen LogP contribution in [0.4, 0.5) is 0 Å². The van der Waals surface area contributed by atoms with Gasteiger partial charge in [-0.2, -0.15) is 0 Å². The average molecular weight is 499 g/mol. The van der Waals surface area contributed by atoms with Gasteiger partial charge in [-0.25, -0.2) is 13.1 Å². The van der Waals surface area contributed by atoms with Crippen LogP contribution < -0.4 is 24.2 Å². The Labute approximate surface area is 206 Å². The molecule has 35 heavy (non-hydrogen) atoms. The molecule has 0 radical (unpaired) electrons. The first kappa shape index (κ1) is 26.1. The van der Waals surface area contributed by atoms with Crippen molar-refractivity contribution in [2.24, 2.45) is 0 Å². The zero-order valence-electron chi connectivity index (χ0n) is 20.1. The predicted octanol–water partition coefficient (Wildman–Crippen LogP) is 4.00. The van der Waals surface area contributed by atoms with Crippen LogP contribution in [0.1, 0.15) is 37.1 Å². The average Bonchev–Trinajstić information content (AvgIpc) is 2.87. The van der Waals surface area contributed by atoms with Crippen molar-refractivity contribution in [2.45, 2.75) is 30.8 Å². The van der Waals surface area contributed by atoms with Gasteiger partial charge in [0.1, 0.15) is 5.75 Å². The highest BCUT2D eigenvalue weighted by Crippen LogP contribution is 2.29. The van der Waals surface area contributed by atoms with Crippen LogP contribution in [-0.2, 0) is 14.8 Å². The van der Waals surface area contributed by atoms with Crippen molar-refractivity contribution < 1.29 is 27.4 Å². The molecule has 0 bridgehead atoms. The SMILES string of the molecule is COc1ccc([C@@H](C)NC(=O)COc2ccc(S(=O)(=O)N[C@@H](C)c3ccccc3)cc2)cc1OC. The third-order valence-corrected chi connectivity index (χ3v) is 6.98. The van der Waals surface area contributed by atoms with Crippen molar-refractivity contribution in [1.82, 2.24) is 10.0 Å². The van der Waals surface area contributed by atoms with Crippen molar-refractivity contribution in [3.05, 3.63) is 83.9 Å². The Morgan fingerprint density at radius 2 is 1.49 bits per heavy atom. The second kappa shape index (κ2) is 11.7. The van der Waals surface area contributed by atoms with Crippen LogP contribution in [0.5, 0.6) is 17.2 Å². The molecule has 2 N–H and O–H groups in total. The summed E-state index contributed by atoms with van der Waals surface area (Å²) in [5, 5.41) is 2.86. The molecule has 3 aromatic carbocycles. The maximum Gasteiger partial charge on any atom is 0.258 e. The highest BCUT2D eigenvalue weighted by molar-refractivity contribution is 7.89. The molecule has 0 spiro atoms. The van der Waals surface area contributed by atoms with Gasteiger partial charge in [0.15, 0.2) is 18.1 Å². The van der Waals surface area contributed by atoms with Gasteiger partial charge in [-0.3, -0.25) is 4.79 Å². The summed E-state index contributed by atoms with van der Waals surface area (Å²) in [6.07, 6.45) is 0. The second-order valence-corrected chi connectivity index (χ2v) is 9.63. The fourth-order valence-electron chi connectivity index (χ4n) is 3.46. The quantitative estimate of drug-likeness (QED) is 0.414. The lowest BCUT2D eigenvalue weighted by atomic mass is 10.1. The van der Waals surface area contributed by atoms with Gasteiger partial charge in [-0.1, -0.05) is 36.4 Å². The van der Waals surface area contributed by atoms with E-state index in [4.69, 9.17) is 14.2 Å². The fraction of sp³-hybridized carbons (Fsp3) is 0.269. The molecule has 1 amide bonds. The zero-order valence-corrected chi connectivity index (χ0v) is 21.0. The lowest BCUT2D eigenvalue weighted by Crippen LogP contribution is -2.31. The van der Waals surface area contributed by atoms with Crippen molar-refractivity contribution in [3.63, 3.8) is 0 Å². The smallest absolute Gasteiger partial charge is 0.258 e. The molecule has 0 aliphatic carbocycles. The van der Waals surface area contributed by atoms with Crippen LogP contribution in [-0.4, -0.2) is 35.2 Å². The Morgan fingerprint density at radius 3 is 2.11 bits per heavy atom. The number of sulfonamides is 1. The highest BCUT2D eigenvalue weighted by atomic mass is 32.2. The van der Waals surface area contributed by atoms with E-state index >= 15 is 0 Å². The molecule has 0 aromatic heterocycles. The van der Waals surface area contributed by atoms with E-state index in [1.807, 2.05) is 43.3 Å². The number of ether oxygens (including phenoxy) is 3. The maximum atomic E-state index is 12.7. The Kier molecular flexibility index (Phi) is 8.73. The van der Waals surface area contributed by atoms with Crippen LogP contribution in [0.25, 0.3) is 0 Å². The summed E-state index contributed by atoms with van der Waals surface area (Å²) in [6, 6.07) is 20.0. The van der Waals surface area contributed by atoms with E-state index in [0.29, 0.717) is 17.2 Å². The third kappa shape index (κ3) is 6.97. The van der Waals surface area contributed by atoms with E-state index in [1.165, 1.54) is 24.3 Å². The summed E-state index contributed by atoms with van der Waals surface area (Å²) >= 11 is 0.